The molecule has 1 aromatic heterocycles. The third-order valence-electron chi connectivity index (χ3n) is 4.60. The number of aryl methyl sites for hydroxylation is 1. The normalized spacial score (nSPS) is 11.4. The van der Waals surface area contributed by atoms with Gasteiger partial charge in [0.2, 0.25) is 5.91 Å². The lowest BCUT2D eigenvalue weighted by atomic mass is 10.0. The van der Waals surface area contributed by atoms with Crippen molar-refractivity contribution >= 4 is 24.5 Å². The van der Waals surface area contributed by atoms with Crippen molar-refractivity contribution in [3.63, 3.8) is 0 Å². The second kappa shape index (κ2) is 11.0. The summed E-state index contributed by atoms with van der Waals surface area (Å²) in [7, 11) is -3.33. The summed E-state index contributed by atoms with van der Waals surface area (Å²) in [6, 6.07) is 16.5. The molecule has 1 N–H and O–H groups in total. The Morgan fingerprint density at radius 2 is 1.71 bits per heavy atom. The molecule has 31 heavy (non-hydrogen) atoms. The first-order valence-corrected chi connectivity index (χ1v) is 11.9. The first-order chi connectivity index (χ1) is 15.1. The van der Waals surface area contributed by atoms with Crippen LogP contribution in [0.3, 0.4) is 0 Å². The zero-order valence-corrected chi connectivity index (χ0v) is 18.6. The van der Waals surface area contributed by atoms with Crippen LogP contribution >= 0.6 is 7.60 Å². The van der Waals surface area contributed by atoms with Crippen LogP contribution in [0, 0.1) is 0 Å². The molecule has 164 valence electrons. The van der Waals surface area contributed by atoms with E-state index in [4.69, 9.17) is 13.6 Å². The smallest absolute Gasteiger partial charge is 0.356 e. The molecule has 7 nitrogen and oxygen atoms in total. The summed E-state index contributed by atoms with van der Waals surface area (Å²) in [5, 5.41) is 7.23. The number of aromatic nitrogens is 1. The van der Waals surface area contributed by atoms with Crippen molar-refractivity contribution in [2.45, 2.75) is 33.1 Å². The molecule has 3 aromatic rings. The van der Waals surface area contributed by atoms with Crippen LogP contribution in [0.15, 0.2) is 65.3 Å². The van der Waals surface area contributed by atoms with Crippen LogP contribution < -0.4 is 10.6 Å². The van der Waals surface area contributed by atoms with E-state index >= 15 is 0 Å². The van der Waals surface area contributed by atoms with Gasteiger partial charge in [0, 0.05) is 23.2 Å². The topological polar surface area (TPSA) is 90.7 Å². The minimum Gasteiger partial charge on any atom is -0.356 e. The van der Waals surface area contributed by atoms with Crippen LogP contribution in [0.1, 0.15) is 32.3 Å². The van der Waals surface area contributed by atoms with Crippen LogP contribution in [0.5, 0.6) is 0 Å². The van der Waals surface area contributed by atoms with Crippen molar-refractivity contribution in [2.75, 3.05) is 18.5 Å². The zero-order valence-electron chi connectivity index (χ0n) is 17.7. The lowest BCUT2D eigenvalue weighted by Gasteiger charge is -2.17. The fourth-order valence-corrected chi connectivity index (χ4v) is 4.75. The van der Waals surface area contributed by atoms with Crippen LogP contribution in [0.2, 0.25) is 0 Å². The monoisotopic (exact) mass is 442 g/mol. The first kappa shape index (κ1) is 22.9. The maximum absolute atomic E-state index is 12.8. The number of hydrogen-bond donors (Lipinski definition) is 1. The number of carbonyl (C=O) groups excluding carboxylic acids is 1. The maximum atomic E-state index is 12.8. The standard InChI is InChI=1S/C23H27N2O5P/c1-3-28-31(27,29-4-2)21-15-13-20(14-16-21)25-22(26)12-8-11-19-17-24-30-23(19)18-9-6-5-7-10-18/h5-7,9-10,13-17H,3-4,8,11-12H2,1-2H3,(H,25,26). The largest absolute Gasteiger partial charge is 0.361 e. The van der Waals surface area contributed by atoms with Gasteiger partial charge in [0.1, 0.15) is 0 Å². The van der Waals surface area contributed by atoms with Gasteiger partial charge in [-0.15, -0.1) is 0 Å². The molecule has 0 bridgehead atoms. The van der Waals surface area contributed by atoms with Crippen molar-refractivity contribution in [2.24, 2.45) is 0 Å². The summed E-state index contributed by atoms with van der Waals surface area (Å²) in [5.74, 6) is 0.646. The number of nitrogens with zero attached hydrogens (tertiary/aromatic N) is 1. The van der Waals surface area contributed by atoms with Gasteiger partial charge in [-0.05, 0) is 51.0 Å². The second-order valence-electron chi connectivity index (χ2n) is 6.83. The molecule has 0 unspecified atom stereocenters. The summed E-state index contributed by atoms with van der Waals surface area (Å²) in [6.45, 7) is 4.10. The van der Waals surface area contributed by atoms with Crippen LogP contribution in [-0.4, -0.2) is 24.3 Å². The lowest BCUT2D eigenvalue weighted by Crippen LogP contribution is -2.14. The highest BCUT2D eigenvalue weighted by atomic mass is 31.2. The predicted octanol–water partition coefficient (Wildman–Crippen LogP) is 5.19. The molecule has 0 aliphatic heterocycles. The molecular formula is C23H27N2O5P. The Morgan fingerprint density at radius 1 is 1.03 bits per heavy atom. The van der Waals surface area contributed by atoms with E-state index in [0.717, 1.165) is 16.9 Å². The molecule has 0 radical (unpaired) electrons. The summed E-state index contributed by atoms with van der Waals surface area (Å²) >= 11 is 0. The molecule has 3 rings (SSSR count). The first-order valence-electron chi connectivity index (χ1n) is 10.3. The molecule has 2 aromatic carbocycles. The molecule has 0 aliphatic rings. The maximum Gasteiger partial charge on any atom is 0.361 e. The number of nitrogens with one attached hydrogen (secondary N) is 1. The van der Waals surface area contributed by atoms with Gasteiger partial charge in [-0.25, -0.2) is 0 Å². The molecular weight excluding hydrogens is 415 g/mol. The Hall–Kier alpha value is -2.73. The SMILES string of the molecule is CCOP(=O)(OCC)c1ccc(NC(=O)CCCc2cnoc2-c2ccccc2)cc1. The van der Waals surface area contributed by atoms with E-state index in [0.29, 0.717) is 30.3 Å². The third kappa shape index (κ3) is 6.14. The van der Waals surface area contributed by atoms with Crippen LogP contribution in [0.4, 0.5) is 5.69 Å². The van der Waals surface area contributed by atoms with Crippen LogP contribution in [-0.2, 0) is 24.8 Å². The molecule has 0 fully saturated rings. The van der Waals surface area contributed by atoms with Gasteiger partial charge in [0.25, 0.3) is 0 Å². The highest BCUT2D eigenvalue weighted by Crippen LogP contribution is 2.46. The number of rotatable bonds is 11. The zero-order chi connectivity index (χ0) is 22.1. The minimum absolute atomic E-state index is 0.0942. The number of amides is 1. The fourth-order valence-electron chi connectivity index (χ4n) is 3.18. The van der Waals surface area contributed by atoms with E-state index in [-0.39, 0.29) is 19.1 Å². The summed E-state index contributed by atoms with van der Waals surface area (Å²) in [6.07, 6.45) is 3.41. The van der Waals surface area contributed by atoms with Crippen LogP contribution in [0.25, 0.3) is 11.3 Å². The molecule has 0 atom stereocenters. The quantitative estimate of drug-likeness (QED) is 0.411. The average Bonchev–Trinajstić information content (AvgIpc) is 3.24. The van der Waals surface area contributed by atoms with Gasteiger partial charge in [-0.3, -0.25) is 9.36 Å². The van der Waals surface area contributed by atoms with Gasteiger partial charge >= 0.3 is 7.60 Å². The highest BCUT2D eigenvalue weighted by Gasteiger charge is 2.26. The Kier molecular flexibility index (Phi) is 8.18. The minimum atomic E-state index is -3.33. The van der Waals surface area contributed by atoms with Crippen molar-refractivity contribution < 1.29 is 22.9 Å². The highest BCUT2D eigenvalue weighted by molar-refractivity contribution is 7.62. The lowest BCUT2D eigenvalue weighted by molar-refractivity contribution is -0.116. The van der Waals surface area contributed by atoms with Gasteiger partial charge in [0.15, 0.2) is 5.76 Å². The van der Waals surface area contributed by atoms with E-state index in [1.807, 2.05) is 30.3 Å². The van der Waals surface area contributed by atoms with Crippen molar-refractivity contribution in [3.05, 3.63) is 66.4 Å². The van der Waals surface area contributed by atoms with Crippen molar-refractivity contribution in [1.82, 2.24) is 5.16 Å². The summed E-state index contributed by atoms with van der Waals surface area (Å²) < 4.78 is 28.9. The summed E-state index contributed by atoms with van der Waals surface area (Å²) in [5.41, 5.74) is 2.57. The van der Waals surface area contributed by atoms with E-state index in [1.165, 1.54) is 0 Å². The predicted molar refractivity (Wildman–Crippen MR) is 120 cm³/mol. The Bertz CT molecular complexity index is 1010. The molecule has 0 aliphatic carbocycles. The van der Waals surface area contributed by atoms with Gasteiger partial charge < -0.3 is 18.9 Å². The molecule has 0 spiro atoms. The van der Waals surface area contributed by atoms with E-state index < -0.39 is 7.60 Å². The second-order valence-corrected chi connectivity index (χ2v) is 8.86. The van der Waals surface area contributed by atoms with E-state index in [2.05, 4.69) is 10.5 Å². The Labute approximate surface area is 182 Å². The third-order valence-corrected chi connectivity index (χ3v) is 6.72. The molecule has 0 saturated carbocycles. The van der Waals surface area contributed by atoms with Gasteiger partial charge in [-0.1, -0.05) is 35.5 Å². The van der Waals surface area contributed by atoms with E-state index in [1.54, 1.807) is 44.3 Å². The number of hydrogen-bond acceptors (Lipinski definition) is 6. The summed E-state index contributed by atoms with van der Waals surface area (Å²) in [4.78, 5) is 12.3. The fraction of sp³-hybridized carbons (Fsp3) is 0.304. The van der Waals surface area contributed by atoms with Gasteiger partial charge in [0.05, 0.1) is 24.7 Å². The van der Waals surface area contributed by atoms with E-state index in [9.17, 15) is 9.36 Å². The Morgan fingerprint density at radius 3 is 2.35 bits per heavy atom. The Balaban J connectivity index is 1.53. The molecule has 8 heteroatoms. The van der Waals surface area contributed by atoms with Gasteiger partial charge in [-0.2, -0.15) is 0 Å². The van der Waals surface area contributed by atoms with Crippen molar-refractivity contribution in [3.8, 4) is 11.3 Å². The van der Waals surface area contributed by atoms with Crippen molar-refractivity contribution in [1.29, 1.82) is 0 Å². The number of anilines is 1. The number of carbonyl (C=O) groups is 1. The average molecular weight is 442 g/mol. The molecule has 1 amide bonds. The number of benzene rings is 2. The molecule has 1 heterocycles. The molecule has 0 saturated heterocycles.